The van der Waals surface area contributed by atoms with Crippen LogP contribution in [0, 0.1) is 6.92 Å². The molecule has 1 heterocycles. The Bertz CT molecular complexity index is 1060. The van der Waals surface area contributed by atoms with Gasteiger partial charge in [-0.25, -0.2) is 4.98 Å². The number of anilines is 2. The highest BCUT2D eigenvalue weighted by molar-refractivity contribution is 7.57. The molecule has 1 unspecified atom stereocenters. The first-order valence-electron chi connectivity index (χ1n) is 12.2. The molecule has 0 aliphatic carbocycles. The number of carbonyl (C=O) groups is 1. The lowest BCUT2D eigenvalue weighted by Crippen LogP contribution is -2.15. The van der Waals surface area contributed by atoms with E-state index in [1.165, 1.54) is 13.8 Å². The Morgan fingerprint density at radius 1 is 1.11 bits per heavy atom. The lowest BCUT2D eigenvalue weighted by Gasteiger charge is -2.16. The van der Waals surface area contributed by atoms with Crippen molar-refractivity contribution < 1.29 is 33.2 Å². The summed E-state index contributed by atoms with van der Waals surface area (Å²) in [6.45, 7) is 5.66. The summed E-state index contributed by atoms with van der Waals surface area (Å²) in [4.78, 5) is 29.5. The first kappa shape index (κ1) is 30.5. The zero-order valence-corrected chi connectivity index (χ0v) is 23.0. The molecular weight excluding hydrogens is 499 g/mol. The molecule has 0 aliphatic rings. The number of hydrogen-bond acceptors (Lipinski definition) is 10. The predicted octanol–water partition coefficient (Wildman–Crippen LogP) is 2.81. The Morgan fingerprint density at radius 2 is 1.81 bits per heavy atom. The number of esters is 1. The van der Waals surface area contributed by atoms with E-state index in [0.717, 1.165) is 35.2 Å². The molecule has 1 atom stereocenters. The Morgan fingerprint density at radius 3 is 2.46 bits per heavy atom. The summed E-state index contributed by atoms with van der Waals surface area (Å²) >= 11 is 0. The molecule has 4 N–H and O–H groups in total. The van der Waals surface area contributed by atoms with Gasteiger partial charge in [-0.3, -0.25) is 9.36 Å². The van der Waals surface area contributed by atoms with Crippen molar-refractivity contribution in [2.45, 2.75) is 32.6 Å². The van der Waals surface area contributed by atoms with Crippen molar-refractivity contribution in [1.29, 1.82) is 0 Å². The van der Waals surface area contributed by atoms with E-state index in [0.29, 0.717) is 51.0 Å². The molecule has 0 fully saturated rings. The summed E-state index contributed by atoms with van der Waals surface area (Å²) < 4.78 is 32.6. The smallest absolute Gasteiger partial charge is 0.309 e. The highest BCUT2D eigenvalue weighted by Crippen LogP contribution is 2.34. The number of carbonyl (C=O) groups excluding carboxylic acids is 1. The standard InChI is InChI=1S/C25H39N4O7P/c1-18-21(17-20-8-7-19(15-22(20)33-2)16-23(30)34-3)24(29-25(26)28-18)27-9-12-35-10-5-6-11-36-13-14-37(4,31)32/h7-8,15H,5-6,9-14,16-17H2,1-4H3,(H,31,32)(H3,26,27,28,29). The fraction of sp³-hybridized carbons (Fsp3) is 0.560. The minimum Gasteiger partial charge on any atom is -0.496 e. The van der Waals surface area contributed by atoms with Crippen LogP contribution < -0.4 is 15.8 Å². The molecule has 0 bridgehead atoms. The Labute approximate surface area is 218 Å². The van der Waals surface area contributed by atoms with Gasteiger partial charge in [0.2, 0.25) is 5.95 Å². The lowest BCUT2D eigenvalue weighted by molar-refractivity contribution is -0.139. The van der Waals surface area contributed by atoms with E-state index < -0.39 is 7.37 Å². The largest absolute Gasteiger partial charge is 0.496 e. The van der Waals surface area contributed by atoms with Gasteiger partial charge in [0.15, 0.2) is 7.37 Å². The summed E-state index contributed by atoms with van der Waals surface area (Å²) in [5.41, 5.74) is 9.28. The van der Waals surface area contributed by atoms with Crippen LogP contribution in [-0.2, 0) is 36.4 Å². The number of unbranched alkanes of at least 4 members (excludes halogenated alkanes) is 1. The molecule has 206 valence electrons. The number of aromatic nitrogens is 2. The monoisotopic (exact) mass is 538 g/mol. The second kappa shape index (κ2) is 15.5. The summed E-state index contributed by atoms with van der Waals surface area (Å²) in [5, 5.41) is 3.30. The highest BCUT2D eigenvalue weighted by atomic mass is 31.2. The number of nitrogens with one attached hydrogen (secondary N) is 1. The quantitative estimate of drug-likeness (QED) is 0.155. The van der Waals surface area contributed by atoms with Crippen LogP contribution in [0.2, 0.25) is 0 Å². The van der Waals surface area contributed by atoms with Crippen LogP contribution in [0.1, 0.15) is 35.2 Å². The maximum absolute atomic E-state index is 11.6. The molecular formula is C25H39N4O7P. The summed E-state index contributed by atoms with van der Waals surface area (Å²) in [6, 6.07) is 5.64. The van der Waals surface area contributed by atoms with Gasteiger partial charge < -0.3 is 34.9 Å². The lowest BCUT2D eigenvalue weighted by atomic mass is 10.0. The number of ether oxygens (including phenoxy) is 4. The molecule has 12 heteroatoms. The van der Waals surface area contributed by atoms with Gasteiger partial charge in [0.05, 0.1) is 33.9 Å². The summed E-state index contributed by atoms with van der Waals surface area (Å²) in [5.74, 6) is 1.17. The van der Waals surface area contributed by atoms with Crippen LogP contribution in [0.5, 0.6) is 5.75 Å². The minimum atomic E-state index is -3.00. The molecule has 0 aliphatic heterocycles. The van der Waals surface area contributed by atoms with E-state index in [1.807, 2.05) is 25.1 Å². The van der Waals surface area contributed by atoms with Crippen molar-refractivity contribution >= 4 is 25.1 Å². The van der Waals surface area contributed by atoms with Crippen LogP contribution in [0.3, 0.4) is 0 Å². The molecule has 2 aromatic rings. The van der Waals surface area contributed by atoms with Gasteiger partial charge in [-0.15, -0.1) is 0 Å². The number of aryl methyl sites for hydroxylation is 1. The van der Waals surface area contributed by atoms with Gasteiger partial charge in [0.25, 0.3) is 0 Å². The van der Waals surface area contributed by atoms with Gasteiger partial charge >= 0.3 is 5.97 Å². The molecule has 11 nitrogen and oxygen atoms in total. The Balaban J connectivity index is 1.86. The second-order valence-electron chi connectivity index (χ2n) is 8.70. The highest BCUT2D eigenvalue weighted by Gasteiger charge is 2.15. The molecule has 2 rings (SSSR count). The van der Waals surface area contributed by atoms with Crippen LogP contribution in [0.15, 0.2) is 18.2 Å². The zero-order chi connectivity index (χ0) is 27.3. The Kier molecular flexibility index (Phi) is 12.8. The van der Waals surface area contributed by atoms with E-state index >= 15 is 0 Å². The van der Waals surface area contributed by atoms with Crippen molar-refractivity contribution in [3.05, 3.63) is 40.6 Å². The summed E-state index contributed by atoms with van der Waals surface area (Å²) in [6.07, 6.45) is 2.51. The molecule has 0 spiro atoms. The normalized spacial score (nSPS) is 12.7. The topological polar surface area (TPSA) is 155 Å². The van der Waals surface area contributed by atoms with Crippen molar-refractivity contribution in [3.63, 3.8) is 0 Å². The van der Waals surface area contributed by atoms with Crippen molar-refractivity contribution in [3.8, 4) is 5.75 Å². The number of nitrogens with zero attached hydrogens (tertiary/aromatic N) is 2. The Hall–Kier alpha value is -2.72. The third-order valence-electron chi connectivity index (χ3n) is 5.54. The first-order valence-corrected chi connectivity index (χ1v) is 14.5. The number of benzene rings is 1. The zero-order valence-electron chi connectivity index (χ0n) is 22.1. The first-order chi connectivity index (χ1) is 17.6. The third kappa shape index (κ3) is 11.5. The van der Waals surface area contributed by atoms with Crippen molar-refractivity contribution in [1.82, 2.24) is 9.97 Å². The van der Waals surface area contributed by atoms with Gasteiger partial charge in [0.1, 0.15) is 11.6 Å². The number of hydrogen-bond donors (Lipinski definition) is 3. The second-order valence-corrected chi connectivity index (χ2v) is 11.3. The van der Waals surface area contributed by atoms with Gasteiger partial charge in [-0.2, -0.15) is 4.98 Å². The van der Waals surface area contributed by atoms with Crippen LogP contribution in [0.4, 0.5) is 11.8 Å². The number of rotatable bonds is 17. The van der Waals surface area contributed by atoms with Gasteiger partial charge in [-0.1, -0.05) is 12.1 Å². The maximum Gasteiger partial charge on any atom is 0.309 e. The van der Waals surface area contributed by atoms with E-state index in [4.69, 9.17) is 24.7 Å². The minimum absolute atomic E-state index is 0.169. The number of methoxy groups -OCH3 is 2. The van der Waals surface area contributed by atoms with E-state index in [2.05, 4.69) is 15.3 Å². The molecule has 0 radical (unpaired) electrons. The van der Waals surface area contributed by atoms with Crippen molar-refractivity contribution in [2.75, 3.05) is 71.1 Å². The average molecular weight is 539 g/mol. The maximum atomic E-state index is 11.6. The van der Waals surface area contributed by atoms with Crippen LogP contribution >= 0.6 is 7.37 Å². The van der Waals surface area contributed by atoms with E-state index in [9.17, 15) is 14.3 Å². The van der Waals surface area contributed by atoms with E-state index in [-0.39, 0.29) is 24.5 Å². The van der Waals surface area contributed by atoms with Crippen molar-refractivity contribution in [2.24, 2.45) is 0 Å². The fourth-order valence-electron chi connectivity index (χ4n) is 3.54. The van der Waals surface area contributed by atoms with E-state index in [1.54, 1.807) is 7.11 Å². The molecule has 0 saturated heterocycles. The van der Waals surface area contributed by atoms with Gasteiger partial charge in [0, 0.05) is 50.3 Å². The fourth-order valence-corrected chi connectivity index (χ4v) is 4.01. The number of nitrogens with two attached hydrogens (primary N) is 1. The van der Waals surface area contributed by atoms with Crippen LogP contribution in [-0.4, -0.2) is 80.8 Å². The molecule has 0 saturated carbocycles. The molecule has 37 heavy (non-hydrogen) atoms. The van der Waals surface area contributed by atoms with Gasteiger partial charge in [-0.05, 0) is 37.0 Å². The molecule has 1 aromatic carbocycles. The summed E-state index contributed by atoms with van der Waals surface area (Å²) in [7, 11) is -0.0485. The SMILES string of the molecule is COC(=O)Cc1ccc(Cc2c(C)nc(N)nc2NCCOCCCCOCCP(C)(=O)O)c(OC)c1. The number of nitrogen functional groups attached to an aromatic ring is 1. The molecule has 0 amide bonds. The predicted molar refractivity (Wildman–Crippen MR) is 143 cm³/mol. The average Bonchev–Trinajstić information content (AvgIpc) is 2.84. The molecule has 1 aromatic heterocycles. The van der Waals surface area contributed by atoms with Crippen LogP contribution in [0.25, 0.3) is 0 Å². The third-order valence-corrected chi connectivity index (χ3v) is 6.56.